The maximum absolute atomic E-state index is 11.0. The second-order valence-electron chi connectivity index (χ2n) is 3.03. The maximum atomic E-state index is 11.0. The van der Waals surface area contributed by atoms with Crippen LogP contribution < -0.4 is 4.74 Å². The highest BCUT2D eigenvalue weighted by molar-refractivity contribution is 5.72. The second-order valence-corrected chi connectivity index (χ2v) is 3.03. The summed E-state index contributed by atoms with van der Waals surface area (Å²) in [6, 6.07) is 4.12. The fourth-order valence-electron chi connectivity index (χ4n) is 1.06. The Kier molecular flexibility index (Phi) is 3.38. The molecule has 15 heavy (non-hydrogen) atoms. The van der Waals surface area contributed by atoms with Gasteiger partial charge in [-0.15, -0.1) is 0 Å². The van der Waals surface area contributed by atoms with Crippen molar-refractivity contribution >= 4 is 11.7 Å². The van der Waals surface area contributed by atoms with Gasteiger partial charge in [0.2, 0.25) is 0 Å². The highest BCUT2D eigenvalue weighted by atomic mass is 16.6. The van der Waals surface area contributed by atoms with Gasteiger partial charge < -0.3 is 4.74 Å². The first-order valence-corrected chi connectivity index (χ1v) is 4.50. The van der Waals surface area contributed by atoms with Crippen molar-refractivity contribution < 1.29 is 14.5 Å². The zero-order valence-corrected chi connectivity index (χ0v) is 8.52. The predicted octanol–water partition coefficient (Wildman–Crippen LogP) is 2.22. The normalized spacial score (nSPS) is 9.73. The molecule has 0 aliphatic heterocycles. The van der Waals surface area contributed by atoms with Crippen LogP contribution in [0.2, 0.25) is 0 Å². The Morgan fingerprint density at radius 1 is 1.53 bits per heavy atom. The Hall–Kier alpha value is -1.91. The van der Waals surface area contributed by atoms with E-state index in [-0.39, 0.29) is 18.1 Å². The van der Waals surface area contributed by atoms with Gasteiger partial charge in [-0.3, -0.25) is 14.9 Å². The van der Waals surface area contributed by atoms with Crippen molar-refractivity contribution in [3.8, 4) is 5.75 Å². The quantitative estimate of drug-likeness (QED) is 0.331. The van der Waals surface area contributed by atoms with Gasteiger partial charge in [-0.1, -0.05) is 6.92 Å². The standard InChI is InChI=1S/C10H11NO4/c1-3-10(12)15-9-5-4-8(11(13)14)6-7(9)2/h4-6H,3H2,1-2H3. The molecule has 5 heteroatoms. The second kappa shape index (κ2) is 4.54. The molecule has 1 aromatic carbocycles. The van der Waals surface area contributed by atoms with Crippen molar-refractivity contribution in [1.29, 1.82) is 0 Å². The van der Waals surface area contributed by atoms with Crippen molar-refractivity contribution in [2.24, 2.45) is 0 Å². The summed E-state index contributed by atoms with van der Waals surface area (Å²) in [5.74, 6) is 0.0133. The number of nitrogens with zero attached hydrogens (tertiary/aromatic N) is 1. The van der Waals surface area contributed by atoms with Crippen LogP contribution in [0.25, 0.3) is 0 Å². The smallest absolute Gasteiger partial charge is 0.310 e. The summed E-state index contributed by atoms with van der Waals surface area (Å²) in [6.45, 7) is 3.34. The van der Waals surface area contributed by atoms with Gasteiger partial charge in [0.25, 0.3) is 5.69 Å². The third-order valence-corrected chi connectivity index (χ3v) is 1.88. The molecule has 0 bridgehead atoms. The molecule has 0 aromatic heterocycles. The van der Waals surface area contributed by atoms with E-state index in [2.05, 4.69) is 0 Å². The Morgan fingerprint density at radius 2 is 2.20 bits per heavy atom. The van der Waals surface area contributed by atoms with Gasteiger partial charge >= 0.3 is 5.97 Å². The van der Waals surface area contributed by atoms with Crippen molar-refractivity contribution in [1.82, 2.24) is 0 Å². The minimum Gasteiger partial charge on any atom is -0.426 e. The van der Waals surface area contributed by atoms with Gasteiger partial charge in [0.15, 0.2) is 0 Å². The average molecular weight is 209 g/mol. The maximum Gasteiger partial charge on any atom is 0.310 e. The zero-order chi connectivity index (χ0) is 11.4. The molecule has 0 heterocycles. The molecule has 0 fully saturated rings. The lowest BCUT2D eigenvalue weighted by atomic mass is 10.2. The van der Waals surface area contributed by atoms with E-state index in [9.17, 15) is 14.9 Å². The summed E-state index contributed by atoms with van der Waals surface area (Å²) < 4.78 is 4.97. The monoisotopic (exact) mass is 209 g/mol. The van der Waals surface area contributed by atoms with E-state index in [1.165, 1.54) is 18.2 Å². The first-order valence-electron chi connectivity index (χ1n) is 4.50. The van der Waals surface area contributed by atoms with Gasteiger partial charge in [-0.2, -0.15) is 0 Å². The van der Waals surface area contributed by atoms with Crippen LogP contribution in [-0.4, -0.2) is 10.9 Å². The van der Waals surface area contributed by atoms with E-state index in [1.54, 1.807) is 13.8 Å². The highest BCUT2D eigenvalue weighted by Crippen LogP contribution is 2.23. The van der Waals surface area contributed by atoms with Crippen LogP contribution in [0, 0.1) is 17.0 Å². The lowest BCUT2D eigenvalue weighted by Crippen LogP contribution is -2.06. The molecule has 0 radical (unpaired) electrons. The summed E-state index contributed by atoms with van der Waals surface area (Å²) in [5.41, 5.74) is 0.565. The van der Waals surface area contributed by atoms with Crippen LogP contribution in [0.3, 0.4) is 0 Å². The summed E-state index contributed by atoms with van der Waals surface area (Å²) in [7, 11) is 0. The number of non-ortho nitro benzene ring substituents is 1. The number of rotatable bonds is 3. The molecule has 0 aliphatic rings. The highest BCUT2D eigenvalue weighted by Gasteiger charge is 2.10. The molecule has 0 saturated heterocycles. The molecule has 80 valence electrons. The number of carbonyl (C=O) groups is 1. The SMILES string of the molecule is CCC(=O)Oc1ccc([N+](=O)[O-])cc1C. The number of aryl methyl sites for hydroxylation is 1. The number of hydrogen-bond donors (Lipinski definition) is 0. The molecule has 0 amide bonds. The van der Waals surface area contributed by atoms with Crippen molar-refractivity contribution in [3.63, 3.8) is 0 Å². The number of ether oxygens (including phenoxy) is 1. The fraction of sp³-hybridized carbons (Fsp3) is 0.300. The first-order chi connectivity index (χ1) is 7.04. The van der Waals surface area contributed by atoms with Gasteiger partial charge in [-0.25, -0.2) is 0 Å². The molecule has 0 aliphatic carbocycles. The van der Waals surface area contributed by atoms with Crippen LogP contribution in [-0.2, 0) is 4.79 Å². The molecule has 0 saturated carbocycles. The molecular formula is C10H11NO4. The van der Waals surface area contributed by atoms with E-state index < -0.39 is 4.92 Å². The topological polar surface area (TPSA) is 69.4 Å². The lowest BCUT2D eigenvalue weighted by Gasteiger charge is -2.05. The molecule has 1 aromatic rings. The number of benzene rings is 1. The molecule has 0 spiro atoms. The third kappa shape index (κ3) is 2.77. The van der Waals surface area contributed by atoms with E-state index in [4.69, 9.17) is 4.74 Å². The predicted molar refractivity (Wildman–Crippen MR) is 53.8 cm³/mol. The first kappa shape index (κ1) is 11.2. The van der Waals surface area contributed by atoms with Gasteiger partial charge in [-0.05, 0) is 18.6 Å². The molecular weight excluding hydrogens is 198 g/mol. The third-order valence-electron chi connectivity index (χ3n) is 1.88. The number of nitro benzene ring substituents is 1. The Labute approximate surface area is 86.8 Å². The van der Waals surface area contributed by atoms with E-state index in [0.717, 1.165) is 0 Å². The van der Waals surface area contributed by atoms with Crippen LogP contribution in [0.5, 0.6) is 5.75 Å². The number of esters is 1. The summed E-state index contributed by atoms with van der Waals surface area (Å²) in [5, 5.41) is 10.4. The molecule has 0 unspecified atom stereocenters. The van der Waals surface area contributed by atoms with Crippen LogP contribution in [0.15, 0.2) is 18.2 Å². The van der Waals surface area contributed by atoms with E-state index in [0.29, 0.717) is 11.3 Å². The summed E-state index contributed by atoms with van der Waals surface area (Å²) >= 11 is 0. The molecule has 5 nitrogen and oxygen atoms in total. The van der Waals surface area contributed by atoms with Gasteiger partial charge in [0.1, 0.15) is 5.75 Å². The zero-order valence-electron chi connectivity index (χ0n) is 8.52. The minimum absolute atomic E-state index is 0.0104. The summed E-state index contributed by atoms with van der Waals surface area (Å²) in [6.07, 6.45) is 0.274. The Morgan fingerprint density at radius 3 is 2.67 bits per heavy atom. The van der Waals surface area contributed by atoms with Crippen molar-refractivity contribution in [2.75, 3.05) is 0 Å². The van der Waals surface area contributed by atoms with Gasteiger partial charge in [0.05, 0.1) is 4.92 Å². The fourth-order valence-corrected chi connectivity index (χ4v) is 1.06. The average Bonchev–Trinajstić information content (AvgIpc) is 2.20. The molecule has 0 N–H and O–H groups in total. The van der Waals surface area contributed by atoms with E-state index >= 15 is 0 Å². The van der Waals surface area contributed by atoms with Crippen molar-refractivity contribution in [3.05, 3.63) is 33.9 Å². The van der Waals surface area contributed by atoms with Crippen LogP contribution in [0.1, 0.15) is 18.9 Å². The minimum atomic E-state index is -0.488. The number of nitro groups is 1. The van der Waals surface area contributed by atoms with E-state index in [1.807, 2.05) is 0 Å². The Balaban J connectivity index is 2.93. The Bertz CT molecular complexity index is 400. The largest absolute Gasteiger partial charge is 0.426 e. The molecule has 1 rings (SSSR count). The number of hydrogen-bond acceptors (Lipinski definition) is 4. The lowest BCUT2D eigenvalue weighted by molar-refractivity contribution is -0.384. The van der Waals surface area contributed by atoms with Crippen LogP contribution in [0.4, 0.5) is 5.69 Å². The number of carbonyl (C=O) groups excluding carboxylic acids is 1. The van der Waals surface area contributed by atoms with Crippen molar-refractivity contribution in [2.45, 2.75) is 20.3 Å². The molecule has 0 atom stereocenters. The summed E-state index contributed by atoms with van der Waals surface area (Å²) in [4.78, 5) is 20.9. The van der Waals surface area contributed by atoms with Gasteiger partial charge in [0, 0.05) is 18.6 Å². The van der Waals surface area contributed by atoms with Crippen LogP contribution >= 0.6 is 0 Å².